The van der Waals surface area contributed by atoms with E-state index >= 15 is 0 Å². The van der Waals surface area contributed by atoms with E-state index < -0.39 is 10.8 Å². The van der Waals surface area contributed by atoms with Crippen molar-refractivity contribution in [3.63, 3.8) is 0 Å². The zero-order valence-corrected chi connectivity index (χ0v) is 13.9. The third-order valence-electron chi connectivity index (χ3n) is 2.87. The quantitative estimate of drug-likeness (QED) is 0.592. The van der Waals surface area contributed by atoms with Gasteiger partial charge in [-0.2, -0.15) is 0 Å². The van der Waals surface area contributed by atoms with Crippen molar-refractivity contribution in [3.05, 3.63) is 36.4 Å². The SMILES string of the molecule is OCC(Cl)COCC(Cl)CO.Oc1cccc2c(O)cccc12. The molecule has 2 unspecified atom stereocenters. The van der Waals surface area contributed by atoms with Crippen LogP contribution in [0.3, 0.4) is 0 Å². The third kappa shape index (κ3) is 6.81. The summed E-state index contributed by atoms with van der Waals surface area (Å²) in [6, 6.07) is 10.1. The lowest BCUT2D eigenvalue weighted by Gasteiger charge is -2.09. The zero-order chi connectivity index (χ0) is 17.2. The molecular weight excluding hydrogens is 343 g/mol. The highest BCUT2D eigenvalue weighted by atomic mass is 35.5. The van der Waals surface area contributed by atoms with Crippen LogP contribution < -0.4 is 0 Å². The summed E-state index contributed by atoms with van der Waals surface area (Å²) >= 11 is 11.0. The molecule has 0 aliphatic heterocycles. The number of benzene rings is 2. The van der Waals surface area contributed by atoms with Crippen molar-refractivity contribution < 1.29 is 25.2 Å². The molecule has 0 aliphatic rings. The maximum absolute atomic E-state index is 9.38. The van der Waals surface area contributed by atoms with Crippen molar-refractivity contribution in [2.24, 2.45) is 0 Å². The zero-order valence-electron chi connectivity index (χ0n) is 12.4. The number of aliphatic hydroxyl groups is 2. The highest BCUT2D eigenvalue weighted by molar-refractivity contribution is 6.21. The second-order valence-corrected chi connectivity index (χ2v) is 5.98. The van der Waals surface area contributed by atoms with Crippen LogP contribution in [0.4, 0.5) is 0 Å². The molecule has 7 heteroatoms. The lowest BCUT2D eigenvalue weighted by atomic mass is 10.1. The number of ether oxygens (including phenoxy) is 1. The summed E-state index contributed by atoms with van der Waals surface area (Å²) in [7, 11) is 0. The minimum Gasteiger partial charge on any atom is -0.507 e. The van der Waals surface area contributed by atoms with Crippen LogP contribution in [-0.4, -0.2) is 57.6 Å². The summed E-state index contributed by atoms with van der Waals surface area (Å²) in [6.45, 7) is 0.268. The topological polar surface area (TPSA) is 90.2 Å². The first-order chi connectivity index (χ1) is 11.0. The maximum atomic E-state index is 9.38. The standard InChI is InChI=1S/C10H8O2.C6H12Cl2O3/c11-9-5-1-3-7-8(9)4-2-6-10(7)12;7-5(1-9)3-11-4-6(8)2-10/h1-6,11-12H;5-6,9-10H,1-4H2. The third-order valence-corrected chi connectivity index (χ3v) is 3.40. The molecule has 0 aliphatic carbocycles. The van der Waals surface area contributed by atoms with Gasteiger partial charge in [0, 0.05) is 10.8 Å². The van der Waals surface area contributed by atoms with Crippen molar-refractivity contribution in [2.45, 2.75) is 10.8 Å². The van der Waals surface area contributed by atoms with E-state index in [0.717, 1.165) is 0 Å². The Balaban J connectivity index is 0.000000232. The van der Waals surface area contributed by atoms with Gasteiger partial charge in [0.2, 0.25) is 0 Å². The fourth-order valence-electron chi connectivity index (χ4n) is 1.71. The van der Waals surface area contributed by atoms with E-state index in [1.807, 2.05) is 0 Å². The van der Waals surface area contributed by atoms with Gasteiger partial charge in [0.1, 0.15) is 11.5 Å². The van der Waals surface area contributed by atoms with E-state index in [1.54, 1.807) is 36.4 Å². The minimum absolute atomic E-state index is 0.117. The van der Waals surface area contributed by atoms with Gasteiger partial charge >= 0.3 is 0 Å². The molecular formula is C16H20Cl2O5. The largest absolute Gasteiger partial charge is 0.507 e. The highest BCUT2D eigenvalue weighted by Gasteiger charge is 2.05. The number of hydrogen-bond donors (Lipinski definition) is 4. The van der Waals surface area contributed by atoms with Gasteiger partial charge in [-0.1, -0.05) is 24.3 Å². The summed E-state index contributed by atoms with van der Waals surface area (Å²) < 4.78 is 4.96. The molecule has 2 aromatic carbocycles. The predicted octanol–water partition coefficient (Wildman–Crippen LogP) is 2.45. The molecule has 0 saturated carbocycles. The van der Waals surface area contributed by atoms with Crippen LogP contribution in [0.15, 0.2) is 36.4 Å². The van der Waals surface area contributed by atoms with Crippen molar-refractivity contribution in [1.82, 2.24) is 0 Å². The van der Waals surface area contributed by atoms with Gasteiger partial charge in [-0.3, -0.25) is 0 Å². The van der Waals surface area contributed by atoms with Crippen LogP contribution in [0.25, 0.3) is 10.8 Å². The summed E-state index contributed by atoms with van der Waals surface area (Å²) in [5.74, 6) is 0.395. The number of phenols is 2. The lowest BCUT2D eigenvalue weighted by Crippen LogP contribution is -2.19. The molecule has 2 rings (SSSR count). The Morgan fingerprint density at radius 1 is 0.783 bits per heavy atom. The van der Waals surface area contributed by atoms with Crippen molar-refractivity contribution in [1.29, 1.82) is 0 Å². The fraction of sp³-hybridized carbons (Fsp3) is 0.375. The molecule has 0 amide bonds. The number of aromatic hydroxyl groups is 2. The molecule has 2 atom stereocenters. The summed E-state index contributed by atoms with van der Waals surface area (Å²) in [5, 5.41) is 36.3. The first-order valence-corrected chi connectivity index (χ1v) is 7.84. The summed E-state index contributed by atoms with van der Waals surface area (Å²) in [6.07, 6.45) is 0. The molecule has 0 radical (unpaired) electrons. The molecule has 23 heavy (non-hydrogen) atoms. The average molecular weight is 363 g/mol. The normalized spacial score (nSPS) is 13.2. The Labute approximate surface area is 144 Å². The number of phenolic OH excluding ortho intramolecular Hbond substituents is 2. The van der Waals surface area contributed by atoms with Gasteiger partial charge in [-0.25, -0.2) is 0 Å². The van der Waals surface area contributed by atoms with Gasteiger partial charge in [-0.15, -0.1) is 23.2 Å². The number of aliphatic hydroxyl groups excluding tert-OH is 2. The number of rotatable bonds is 6. The molecule has 4 N–H and O–H groups in total. The van der Waals surface area contributed by atoms with Crippen LogP contribution in [0.2, 0.25) is 0 Å². The molecule has 0 bridgehead atoms. The van der Waals surface area contributed by atoms with Crippen molar-refractivity contribution >= 4 is 34.0 Å². The Hall–Kier alpha value is -1.24. The lowest BCUT2D eigenvalue weighted by molar-refractivity contribution is 0.107. The smallest absolute Gasteiger partial charge is 0.123 e. The molecule has 2 aromatic rings. The van der Waals surface area contributed by atoms with Crippen LogP contribution in [0.1, 0.15) is 0 Å². The van der Waals surface area contributed by atoms with Crippen LogP contribution in [-0.2, 0) is 4.74 Å². The maximum Gasteiger partial charge on any atom is 0.123 e. The number of hydrogen-bond acceptors (Lipinski definition) is 5. The van der Waals surface area contributed by atoms with Gasteiger partial charge in [0.15, 0.2) is 0 Å². The second-order valence-electron chi connectivity index (χ2n) is 4.75. The van der Waals surface area contributed by atoms with E-state index in [-0.39, 0.29) is 37.9 Å². The molecule has 0 fully saturated rings. The van der Waals surface area contributed by atoms with Gasteiger partial charge in [0.05, 0.1) is 37.2 Å². The molecule has 5 nitrogen and oxygen atoms in total. The molecule has 0 aromatic heterocycles. The average Bonchev–Trinajstić information content (AvgIpc) is 2.56. The summed E-state index contributed by atoms with van der Waals surface area (Å²) in [4.78, 5) is 0. The Morgan fingerprint density at radius 3 is 1.52 bits per heavy atom. The highest BCUT2D eigenvalue weighted by Crippen LogP contribution is 2.29. The van der Waals surface area contributed by atoms with E-state index in [0.29, 0.717) is 10.8 Å². The van der Waals surface area contributed by atoms with Crippen LogP contribution in [0, 0.1) is 0 Å². The molecule has 0 spiro atoms. The number of alkyl halides is 2. The van der Waals surface area contributed by atoms with Crippen LogP contribution in [0.5, 0.6) is 11.5 Å². The van der Waals surface area contributed by atoms with E-state index in [2.05, 4.69) is 0 Å². The first-order valence-electron chi connectivity index (χ1n) is 6.96. The van der Waals surface area contributed by atoms with E-state index in [4.69, 9.17) is 38.2 Å². The van der Waals surface area contributed by atoms with Gasteiger partial charge in [-0.05, 0) is 12.1 Å². The monoisotopic (exact) mass is 362 g/mol. The van der Waals surface area contributed by atoms with Crippen LogP contribution >= 0.6 is 23.2 Å². The molecule has 128 valence electrons. The Bertz CT molecular complexity index is 542. The summed E-state index contributed by atoms with van der Waals surface area (Å²) in [5.41, 5.74) is 0. The first kappa shape index (κ1) is 19.8. The Morgan fingerprint density at radius 2 is 1.17 bits per heavy atom. The van der Waals surface area contributed by atoms with Crippen molar-refractivity contribution in [3.8, 4) is 11.5 Å². The number of fused-ring (bicyclic) bond motifs is 1. The fourth-order valence-corrected chi connectivity index (χ4v) is 1.88. The van der Waals surface area contributed by atoms with Crippen molar-refractivity contribution in [2.75, 3.05) is 26.4 Å². The van der Waals surface area contributed by atoms with Gasteiger partial charge in [0.25, 0.3) is 0 Å². The van der Waals surface area contributed by atoms with Gasteiger partial charge < -0.3 is 25.2 Å². The number of halogens is 2. The van der Waals surface area contributed by atoms with E-state index in [1.165, 1.54) is 0 Å². The second kappa shape index (κ2) is 10.5. The molecule has 0 saturated heterocycles. The molecule has 0 heterocycles. The Kier molecular flexibility index (Phi) is 9.06. The predicted molar refractivity (Wildman–Crippen MR) is 91.6 cm³/mol. The minimum atomic E-state index is -0.391. The van der Waals surface area contributed by atoms with E-state index in [9.17, 15) is 10.2 Å².